The van der Waals surface area contributed by atoms with Crippen LogP contribution in [0.5, 0.6) is 0 Å². The molecule has 0 aliphatic heterocycles. The van der Waals surface area contributed by atoms with Crippen LogP contribution in [0.25, 0.3) is 9.69 Å². The van der Waals surface area contributed by atoms with Crippen molar-refractivity contribution in [3.8, 4) is 12.1 Å². The molecule has 0 aromatic heterocycles. The van der Waals surface area contributed by atoms with Gasteiger partial charge in [0, 0.05) is 0 Å². The lowest BCUT2D eigenvalue weighted by Crippen LogP contribution is -2.04. The third-order valence-corrected chi connectivity index (χ3v) is 3.21. The fourth-order valence-corrected chi connectivity index (χ4v) is 2.36. The van der Waals surface area contributed by atoms with Crippen LogP contribution in [0.3, 0.4) is 0 Å². The molecule has 18 heavy (non-hydrogen) atoms. The molecule has 4 nitrogen and oxygen atoms in total. The first-order valence-electron chi connectivity index (χ1n) is 5.70. The topological polar surface area (TPSA) is 56.3 Å². The van der Waals surface area contributed by atoms with E-state index in [0.717, 1.165) is 25.7 Å². The predicted octanol–water partition coefficient (Wildman–Crippen LogP) is 3.59. The van der Waals surface area contributed by atoms with Crippen LogP contribution >= 0.6 is 0 Å². The summed E-state index contributed by atoms with van der Waals surface area (Å²) in [5.74, 6) is 0.138. The monoisotopic (exact) mass is 236 g/mol. The minimum absolute atomic E-state index is 0.0201. The molecule has 0 saturated heterocycles. The van der Waals surface area contributed by atoms with Crippen molar-refractivity contribution in [2.75, 3.05) is 0 Å². The van der Waals surface area contributed by atoms with Crippen LogP contribution in [0.1, 0.15) is 32.6 Å². The molecule has 1 aliphatic rings. The summed E-state index contributed by atoms with van der Waals surface area (Å²) >= 11 is 0. The summed E-state index contributed by atoms with van der Waals surface area (Å²) < 4.78 is 0. The lowest BCUT2D eigenvalue weighted by molar-refractivity contribution is 0.645. The zero-order valence-corrected chi connectivity index (χ0v) is 10.2. The number of allylic oxidation sites excluding steroid dienone is 4. The molecule has 0 heterocycles. The molecular formula is C14H12N4. The molecule has 1 saturated carbocycles. The first kappa shape index (κ1) is 13.5. The maximum Gasteiger partial charge on any atom is 0.264 e. The van der Waals surface area contributed by atoms with Gasteiger partial charge in [-0.05, 0) is 36.8 Å². The van der Waals surface area contributed by atoms with E-state index in [9.17, 15) is 0 Å². The van der Waals surface area contributed by atoms with Gasteiger partial charge in [0.05, 0.1) is 25.3 Å². The van der Waals surface area contributed by atoms with Gasteiger partial charge in [-0.2, -0.15) is 0 Å². The molecule has 0 bridgehead atoms. The van der Waals surface area contributed by atoms with Gasteiger partial charge in [0.15, 0.2) is 0 Å². The lowest BCUT2D eigenvalue weighted by atomic mass is 9.89. The van der Waals surface area contributed by atoms with Crippen molar-refractivity contribution in [1.29, 1.82) is 10.5 Å². The van der Waals surface area contributed by atoms with Gasteiger partial charge >= 0.3 is 0 Å². The van der Waals surface area contributed by atoms with Crippen molar-refractivity contribution in [1.82, 2.24) is 0 Å². The highest BCUT2D eigenvalue weighted by atomic mass is 14.7. The molecule has 0 spiro atoms. The summed E-state index contributed by atoms with van der Waals surface area (Å²) in [6.07, 6.45) is 3.98. The average molecular weight is 236 g/mol. The summed E-state index contributed by atoms with van der Waals surface area (Å²) in [5.41, 5.74) is 1.11. The standard InChI is InChI=1S/C14H12N4/c1-10(12(8-15)17-2)14(13(9-16)18-3)11-6-4-5-7-11/h11H,4-7H2,1H3/b12-10+,14-13+. The van der Waals surface area contributed by atoms with Crippen LogP contribution in [0.15, 0.2) is 22.5 Å². The van der Waals surface area contributed by atoms with E-state index < -0.39 is 0 Å². The highest BCUT2D eigenvalue weighted by molar-refractivity contribution is 5.51. The van der Waals surface area contributed by atoms with Crippen LogP contribution in [0.2, 0.25) is 0 Å². The Morgan fingerprint density at radius 1 is 1.06 bits per heavy atom. The number of nitriles is 2. The molecule has 0 aromatic rings. The average Bonchev–Trinajstić information content (AvgIpc) is 2.90. The maximum atomic E-state index is 9.03. The van der Waals surface area contributed by atoms with Crippen LogP contribution in [0.4, 0.5) is 0 Å². The van der Waals surface area contributed by atoms with E-state index in [4.69, 9.17) is 23.7 Å². The van der Waals surface area contributed by atoms with Gasteiger partial charge in [0.1, 0.15) is 0 Å². The summed E-state index contributed by atoms with van der Waals surface area (Å²) in [5, 5.41) is 17.9. The molecule has 0 unspecified atom stereocenters. The van der Waals surface area contributed by atoms with Gasteiger partial charge in [0.25, 0.3) is 11.4 Å². The van der Waals surface area contributed by atoms with E-state index in [1.165, 1.54) is 0 Å². The second-order valence-electron chi connectivity index (χ2n) is 4.16. The predicted molar refractivity (Wildman–Crippen MR) is 66.1 cm³/mol. The van der Waals surface area contributed by atoms with Crippen LogP contribution in [-0.4, -0.2) is 0 Å². The van der Waals surface area contributed by atoms with Gasteiger partial charge in [-0.25, -0.2) is 20.2 Å². The number of nitrogens with zero attached hydrogens (tertiary/aromatic N) is 4. The Hall–Kier alpha value is -2.56. The Labute approximate surface area is 107 Å². The zero-order chi connectivity index (χ0) is 13.5. The van der Waals surface area contributed by atoms with Crippen molar-refractivity contribution >= 4 is 0 Å². The van der Waals surface area contributed by atoms with Gasteiger partial charge in [-0.1, -0.05) is 12.8 Å². The van der Waals surface area contributed by atoms with E-state index in [2.05, 4.69) is 9.69 Å². The number of hydrogen-bond donors (Lipinski definition) is 0. The second-order valence-corrected chi connectivity index (χ2v) is 4.16. The Bertz CT molecular complexity index is 529. The van der Waals surface area contributed by atoms with E-state index in [0.29, 0.717) is 11.1 Å². The normalized spacial score (nSPS) is 17.6. The lowest BCUT2D eigenvalue weighted by Gasteiger charge is -2.16. The van der Waals surface area contributed by atoms with Gasteiger partial charge < -0.3 is 0 Å². The summed E-state index contributed by atoms with van der Waals surface area (Å²) in [6.45, 7) is 15.7. The highest BCUT2D eigenvalue weighted by Crippen LogP contribution is 2.37. The molecule has 1 rings (SSSR count). The van der Waals surface area contributed by atoms with Gasteiger partial charge in [-0.15, -0.1) is 0 Å². The van der Waals surface area contributed by atoms with Crippen molar-refractivity contribution in [3.05, 3.63) is 45.4 Å². The first-order chi connectivity index (χ1) is 8.69. The SMILES string of the molecule is [C-]#[N+]/C(C#N)=C(\C(C)=C(/C#N)[N+]#[C-])C1CCCC1. The summed E-state index contributed by atoms with van der Waals surface area (Å²) in [6, 6.07) is 3.73. The summed E-state index contributed by atoms with van der Waals surface area (Å²) in [7, 11) is 0. The fraction of sp³-hybridized carbons (Fsp3) is 0.429. The van der Waals surface area contributed by atoms with Crippen molar-refractivity contribution < 1.29 is 0 Å². The maximum absolute atomic E-state index is 9.03. The van der Waals surface area contributed by atoms with E-state index in [1.807, 2.05) is 12.1 Å². The van der Waals surface area contributed by atoms with Gasteiger partial charge in [0.2, 0.25) is 0 Å². The minimum atomic E-state index is -0.0201. The second kappa shape index (κ2) is 6.24. The number of hydrogen-bond acceptors (Lipinski definition) is 2. The first-order valence-corrected chi connectivity index (χ1v) is 5.70. The molecule has 1 aliphatic carbocycles. The molecule has 0 atom stereocenters. The Kier molecular flexibility index (Phi) is 4.68. The molecule has 1 fully saturated rings. The van der Waals surface area contributed by atoms with E-state index >= 15 is 0 Å². The largest absolute Gasteiger partial charge is 0.264 e. The van der Waals surface area contributed by atoms with Crippen molar-refractivity contribution in [3.63, 3.8) is 0 Å². The van der Waals surface area contributed by atoms with E-state index in [-0.39, 0.29) is 17.3 Å². The molecule has 0 amide bonds. The molecule has 0 aromatic carbocycles. The molecule has 0 N–H and O–H groups in total. The Morgan fingerprint density at radius 2 is 1.56 bits per heavy atom. The molecule has 4 heteroatoms. The van der Waals surface area contributed by atoms with Crippen LogP contribution in [-0.2, 0) is 0 Å². The Balaban J connectivity index is 3.43. The third-order valence-electron chi connectivity index (χ3n) is 3.21. The quantitative estimate of drug-likeness (QED) is 0.418. The van der Waals surface area contributed by atoms with Crippen molar-refractivity contribution in [2.45, 2.75) is 32.6 Å². The fourth-order valence-electron chi connectivity index (χ4n) is 2.36. The van der Waals surface area contributed by atoms with Crippen LogP contribution < -0.4 is 0 Å². The smallest absolute Gasteiger partial charge is 0.226 e. The number of rotatable bonds is 2. The third kappa shape index (κ3) is 2.57. The highest BCUT2D eigenvalue weighted by Gasteiger charge is 2.25. The zero-order valence-electron chi connectivity index (χ0n) is 10.2. The minimum Gasteiger partial charge on any atom is -0.226 e. The van der Waals surface area contributed by atoms with Gasteiger partial charge in [-0.3, -0.25) is 0 Å². The molecule has 88 valence electrons. The van der Waals surface area contributed by atoms with E-state index in [1.54, 1.807) is 6.92 Å². The summed E-state index contributed by atoms with van der Waals surface area (Å²) in [4.78, 5) is 6.42. The molecular weight excluding hydrogens is 224 g/mol. The molecule has 0 radical (unpaired) electrons. The Morgan fingerprint density at radius 3 is 1.94 bits per heavy atom. The van der Waals surface area contributed by atoms with Crippen LogP contribution in [0, 0.1) is 41.7 Å². The van der Waals surface area contributed by atoms with Crippen molar-refractivity contribution in [2.24, 2.45) is 5.92 Å².